The monoisotopic (exact) mass is 238 g/mol. The molecule has 1 unspecified atom stereocenters. The van der Waals surface area contributed by atoms with Crippen molar-refractivity contribution in [2.24, 2.45) is 0 Å². The minimum absolute atomic E-state index is 0.0937. The van der Waals surface area contributed by atoms with Gasteiger partial charge >= 0.3 is 0 Å². The Morgan fingerprint density at radius 2 is 2.18 bits per heavy atom. The van der Waals surface area contributed by atoms with Crippen LogP contribution in [0.1, 0.15) is 5.56 Å². The second-order valence-electron chi connectivity index (χ2n) is 3.89. The zero-order valence-corrected chi connectivity index (χ0v) is 10.2. The first kappa shape index (κ1) is 12.1. The predicted octanol–water partition coefficient (Wildman–Crippen LogP) is 0.654. The topological polar surface area (TPSA) is 68.3 Å². The molecule has 6 nitrogen and oxygen atoms in total. The van der Waals surface area contributed by atoms with Crippen LogP contribution in [-0.4, -0.2) is 49.5 Å². The molecule has 0 bridgehead atoms. The standard InChI is InChI=1S/C11H18N4O2/c1-8-10(12-2)14-7-15-11(8)13-5-9-6-16-3-4-17-9/h7,9H,3-6H2,1-2H3,(H2,12,13,14,15). The molecule has 2 N–H and O–H groups in total. The number of nitrogens with zero attached hydrogens (tertiary/aromatic N) is 2. The summed E-state index contributed by atoms with van der Waals surface area (Å²) in [5.41, 5.74) is 1.01. The molecular formula is C11H18N4O2. The van der Waals surface area contributed by atoms with Crippen molar-refractivity contribution in [3.63, 3.8) is 0 Å². The van der Waals surface area contributed by atoms with Crippen molar-refractivity contribution in [2.75, 3.05) is 44.0 Å². The molecule has 0 saturated carbocycles. The highest BCUT2D eigenvalue weighted by Crippen LogP contribution is 2.17. The number of aromatic nitrogens is 2. The van der Waals surface area contributed by atoms with Crippen LogP contribution in [0.25, 0.3) is 0 Å². The second-order valence-corrected chi connectivity index (χ2v) is 3.89. The van der Waals surface area contributed by atoms with Gasteiger partial charge < -0.3 is 20.1 Å². The van der Waals surface area contributed by atoms with Gasteiger partial charge in [0.15, 0.2) is 0 Å². The lowest BCUT2D eigenvalue weighted by atomic mass is 10.3. The third-order valence-electron chi connectivity index (χ3n) is 2.70. The number of hydrogen-bond donors (Lipinski definition) is 2. The molecule has 94 valence electrons. The molecule has 1 saturated heterocycles. The summed E-state index contributed by atoms with van der Waals surface area (Å²) >= 11 is 0. The third-order valence-corrected chi connectivity index (χ3v) is 2.70. The molecule has 1 fully saturated rings. The van der Waals surface area contributed by atoms with E-state index in [0.717, 1.165) is 17.2 Å². The summed E-state index contributed by atoms with van der Waals surface area (Å²) in [5, 5.41) is 6.29. The third kappa shape index (κ3) is 3.04. The molecule has 1 atom stereocenters. The SMILES string of the molecule is CNc1ncnc(NCC2COCCO2)c1C. The summed E-state index contributed by atoms with van der Waals surface area (Å²) in [6.07, 6.45) is 1.63. The van der Waals surface area contributed by atoms with E-state index in [0.29, 0.717) is 26.4 Å². The maximum absolute atomic E-state index is 5.55. The molecule has 1 aliphatic rings. The van der Waals surface area contributed by atoms with E-state index in [1.165, 1.54) is 0 Å². The number of rotatable bonds is 4. The van der Waals surface area contributed by atoms with Gasteiger partial charge in [0, 0.05) is 19.2 Å². The maximum Gasteiger partial charge on any atom is 0.134 e. The second kappa shape index (κ2) is 5.79. The van der Waals surface area contributed by atoms with Crippen molar-refractivity contribution in [3.05, 3.63) is 11.9 Å². The molecule has 0 aliphatic carbocycles. The minimum atomic E-state index is 0.0937. The zero-order valence-electron chi connectivity index (χ0n) is 10.2. The normalized spacial score (nSPS) is 20.0. The molecule has 2 heterocycles. The molecule has 0 amide bonds. The largest absolute Gasteiger partial charge is 0.376 e. The lowest BCUT2D eigenvalue weighted by Gasteiger charge is -2.23. The summed E-state index contributed by atoms with van der Waals surface area (Å²) < 4.78 is 10.9. The van der Waals surface area contributed by atoms with Crippen LogP contribution in [0.4, 0.5) is 11.6 Å². The van der Waals surface area contributed by atoms with Gasteiger partial charge in [0.25, 0.3) is 0 Å². The first-order chi connectivity index (χ1) is 8.31. The lowest BCUT2D eigenvalue weighted by molar-refractivity contribution is -0.0819. The Morgan fingerprint density at radius 3 is 2.88 bits per heavy atom. The fourth-order valence-corrected chi connectivity index (χ4v) is 1.75. The lowest BCUT2D eigenvalue weighted by Crippen LogP contribution is -2.34. The quantitative estimate of drug-likeness (QED) is 0.803. The minimum Gasteiger partial charge on any atom is -0.376 e. The zero-order chi connectivity index (χ0) is 12.1. The van der Waals surface area contributed by atoms with Crippen molar-refractivity contribution in [2.45, 2.75) is 13.0 Å². The average Bonchev–Trinajstić information content (AvgIpc) is 2.39. The van der Waals surface area contributed by atoms with Crippen molar-refractivity contribution in [1.82, 2.24) is 9.97 Å². The van der Waals surface area contributed by atoms with Crippen LogP contribution in [0.15, 0.2) is 6.33 Å². The fourth-order valence-electron chi connectivity index (χ4n) is 1.75. The van der Waals surface area contributed by atoms with Gasteiger partial charge in [-0.1, -0.05) is 0 Å². The van der Waals surface area contributed by atoms with Crippen LogP contribution in [0.2, 0.25) is 0 Å². The van der Waals surface area contributed by atoms with Crippen molar-refractivity contribution < 1.29 is 9.47 Å². The summed E-state index contributed by atoms with van der Waals surface area (Å²) in [6, 6.07) is 0. The number of anilines is 2. The predicted molar refractivity (Wildman–Crippen MR) is 65.4 cm³/mol. The highest BCUT2D eigenvalue weighted by Gasteiger charge is 2.15. The molecule has 0 spiro atoms. The Labute approximate surface area is 101 Å². The summed E-state index contributed by atoms with van der Waals surface area (Å²) in [5.74, 6) is 1.67. The Balaban J connectivity index is 1.93. The van der Waals surface area contributed by atoms with E-state index < -0.39 is 0 Å². The first-order valence-corrected chi connectivity index (χ1v) is 5.74. The van der Waals surface area contributed by atoms with Gasteiger partial charge in [0.05, 0.1) is 25.9 Å². The van der Waals surface area contributed by atoms with E-state index in [1.807, 2.05) is 14.0 Å². The van der Waals surface area contributed by atoms with Gasteiger partial charge in [-0.05, 0) is 6.92 Å². The van der Waals surface area contributed by atoms with Crippen LogP contribution in [0.5, 0.6) is 0 Å². The fraction of sp³-hybridized carbons (Fsp3) is 0.636. The summed E-state index contributed by atoms with van der Waals surface area (Å²) in [6.45, 7) is 4.66. The highest BCUT2D eigenvalue weighted by molar-refractivity contribution is 5.56. The molecule has 6 heteroatoms. The molecule has 0 radical (unpaired) electrons. The Hall–Kier alpha value is -1.40. The number of hydrogen-bond acceptors (Lipinski definition) is 6. The van der Waals surface area contributed by atoms with Crippen molar-refractivity contribution in [3.8, 4) is 0 Å². The van der Waals surface area contributed by atoms with E-state index in [9.17, 15) is 0 Å². The highest BCUT2D eigenvalue weighted by atomic mass is 16.6. The van der Waals surface area contributed by atoms with Crippen molar-refractivity contribution in [1.29, 1.82) is 0 Å². The van der Waals surface area contributed by atoms with Crippen LogP contribution in [0.3, 0.4) is 0 Å². The van der Waals surface area contributed by atoms with Gasteiger partial charge in [0.1, 0.15) is 18.0 Å². The summed E-state index contributed by atoms with van der Waals surface area (Å²) in [4.78, 5) is 8.35. The van der Waals surface area contributed by atoms with Crippen molar-refractivity contribution >= 4 is 11.6 Å². The molecule has 1 aromatic rings. The van der Waals surface area contributed by atoms with Gasteiger partial charge in [-0.2, -0.15) is 0 Å². The molecule has 0 aromatic carbocycles. The smallest absolute Gasteiger partial charge is 0.134 e. The average molecular weight is 238 g/mol. The Kier molecular flexibility index (Phi) is 4.11. The molecule has 17 heavy (non-hydrogen) atoms. The van der Waals surface area contributed by atoms with Gasteiger partial charge in [-0.3, -0.25) is 0 Å². The van der Waals surface area contributed by atoms with Gasteiger partial charge in [0.2, 0.25) is 0 Å². The van der Waals surface area contributed by atoms with Crippen LogP contribution in [0, 0.1) is 6.92 Å². The molecular weight excluding hydrogens is 220 g/mol. The number of ether oxygens (including phenoxy) is 2. The van der Waals surface area contributed by atoms with E-state index in [1.54, 1.807) is 6.33 Å². The first-order valence-electron chi connectivity index (χ1n) is 5.74. The van der Waals surface area contributed by atoms with E-state index in [2.05, 4.69) is 20.6 Å². The Bertz CT molecular complexity index is 366. The molecule has 1 aromatic heterocycles. The number of nitrogens with one attached hydrogen (secondary N) is 2. The van der Waals surface area contributed by atoms with E-state index >= 15 is 0 Å². The van der Waals surface area contributed by atoms with Gasteiger partial charge in [-0.15, -0.1) is 0 Å². The van der Waals surface area contributed by atoms with Gasteiger partial charge in [-0.25, -0.2) is 9.97 Å². The summed E-state index contributed by atoms with van der Waals surface area (Å²) in [7, 11) is 1.84. The Morgan fingerprint density at radius 1 is 1.35 bits per heavy atom. The molecule has 1 aliphatic heterocycles. The van der Waals surface area contributed by atoms with Crippen LogP contribution >= 0.6 is 0 Å². The van der Waals surface area contributed by atoms with E-state index in [-0.39, 0.29) is 6.10 Å². The van der Waals surface area contributed by atoms with Crippen LogP contribution < -0.4 is 10.6 Å². The maximum atomic E-state index is 5.55. The van der Waals surface area contributed by atoms with E-state index in [4.69, 9.17) is 9.47 Å². The molecule has 2 rings (SSSR count). The van der Waals surface area contributed by atoms with Crippen LogP contribution in [-0.2, 0) is 9.47 Å².